The Morgan fingerprint density at radius 3 is 2.38 bits per heavy atom. The third kappa shape index (κ3) is 7.51. The predicted octanol–water partition coefficient (Wildman–Crippen LogP) is 3.66. The van der Waals surface area contributed by atoms with E-state index in [0.717, 1.165) is 24.7 Å². The van der Waals surface area contributed by atoms with Crippen LogP contribution >= 0.6 is 0 Å². The zero-order valence-corrected chi connectivity index (χ0v) is 8.97. The van der Waals surface area contributed by atoms with Gasteiger partial charge in [0.05, 0.1) is 0 Å². The fourth-order valence-electron chi connectivity index (χ4n) is 1.24. The van der Waals surface area contributed by atoms with E-state index in [0.29, 0.717) is 0 Å². The van der Waals surface area contributed by atoms with Gasteiger partial charge in [-0.25, -0.2) is 0 Å². The van der Waals surface area contributed by atoms with E-state index in [2.05, 4.69) is 19.9 Å². The van der Waals surface area contributed by atoms with Crippen molar-refractivity contribution in [2.45, 2.75) is 46.5 Å². The van der Waals surface area contributed by atoms with Gasteiger partial charge in [0.25, 0.3) is 0 Å². The fraction of sp³-hybridized carbons (Fsp3) is 0.583. The third-order valence-electron chi connectivity index (χ3n) is 2.03. The molecule has 0 aliphatic rings. The van der Waals surface area contributed by atoms with Crippen LogP contribution in [0.1, 0.15) is 46.5 Å². The Hall–Kier alpha value is -0.850. The Balaban J connectivity index is 3.71. The summed E-state index contributed by atoms with van der Waals surface area (Å²) >= 11 is 0. The largest absolute Gasteiger partial charge is 0.299 e. The predicted molar refractivity (Wildman–Crippen MR) is 57.7 cm³/mol. The lowest BCUT2D eigenvalue weighted by atomic mass is 10.1. The van der Waals surface area contributed by atoms with Crippen LogP contribution in [-0.4, -0.2) is 6.29 Å². The van der Waals surface area contributed by atoms with E-state index in [1.54, 1.807) is 6.08 Å². The van der Waals surface area contributed by atoms with E-state index in [-0.39, 0.29) is 0 Å². The van der Waals surface area contributed by atoms with Crippen LogP contribution in [0.5, 0.6) is 0 Å². The molecule has 0 radical (unpaired) electrons. The summed E-state index contributed by atoms with van der Waals surface area (Å²) in [7, 11) is 0. The van der Waals surface area contributed by atoms with Crippen molar-refractivity contribution in [3.63, 3.8) is 0 Å². The number of aldehydes is 1. The van der Waals surface area contributed by atoms with Gasteiger partial charge in [-0.1, -0.05) is 30.6 Å². The molecular weight excluding hydrogens is 160 g/mol. The lowest BCUT2D eigenvalue weighted by molar-refractivity contribution is -0.104. The van der Waals surface area contributed by atoms with Crippen molar-refractivity contribution in [3.8, 4) is 0 Å². The van der Waals surface area contributed by atoms with Crippen LogP contribution in [0, 0.1) is 0 Å². The lowest BCUT2D eigenvalue weighted by Crippen LogP contribution is -1.79. The highest BCUT2D eigenvalue weighted by Crippen LogP contribution is 2.09. The third-order valence-corrected chi connectivity index (χ3v) is 2.03. The molecule has 0 aliphatic carbocycles. The highest BCUT2D eigenvalue weighted by molar-refractivity contribution is 5.65. The van der Waals surface area contributed by atoms with E-state index in [1.165, 1.54) is 18.4 Å². The molecule has 74 valence electrons. The molecule has 0 fully saturated rings. The van der Waals surface area contributed by atoms with Gasteiger partial charge in [0.15, 0.2) is 0 Å². The summed E-state index contributed by atoms with van der Waals surface area (Å²) in [5.41, 5.74) is 2.62. The maximum absolute atomic E-state index is 10.1. The molecule has 1 heteroatoms. The van der Waals surface area contributed by atoms with Crippen molar-refractivity contribution < 1.29 is 4.79 Å². The highest BCUT2D eigenvalue weighted by Gasteiger charge is 1.89. The molecule has 0 heterocycles. The Kier molecular flexibility index (Phi) is 7.27. The van der Waals surface area contributed by atoms with Crippen molar-refractivity contribution in [1.29, 1.82) is 0 Å². The maximum Gasteiger partial charge on any atom is 0.142 e. The van der Waals surface area contributed by atoms with Crippen LogP contribution in [0.4, 0.5) is 0 Å². The van der Waals surface area contributed by atoms with E-state index in [4.69, 9.17) is 0 Å². The van der Waals surface area contributed by atoms with Gasteiger partial charge in [0.1, 0.15) is 6.29 Å². The maximum atomic E-state index is 10.1. The summed E-state index contributed by atoms with van der Waals surface area (Å²) < 4.78 is 0. The van der Waals surface area contributed by atoms with Crippen molar-refractivity contribution in [1.82, 2.24) is 0 Å². The topological polar surface area (TPSA) is 17.1 Å². The van der Waals surface area contributed by atoms with Crippen LogP contribution in [0.2, 0.25) is 0 Å². The number of hydrogen-bond acceptors (Lipinski definition) is 1. The standard InChI is InChI=1S/C12H20O/c1-4-6-11(2)7-5-8-12(3)9-10-13/h7,9-10H,4-6,8H2,1-3H3. The summed E-state index contributed by atoms with van der Waals surface area (Å²) in [6.07, 6.45) is 9.23. The molecule has 0 saturated carbocycles. The van der Waals surface area contributed by atoms with Crippen molar-refractivity contribution in [2.24, 2.45) is 0 Å². The Morgan fingerprint density at radius 2 is 1.85 bits per heavy atom. The first-order valence-corrected chi connectivity index (χ1v) is 4.97. The second kappa shape index (κ2) is 7.78. The van der Waals surface area contributed by atoms with Crippen LogP contribution in [0.15, 0.2) is 23.3 Å². The minimum Gasteiger partial charge on any atom is -0.299 e. The summed E-state index contributed by atoms with van der Waals surface area (Å²) in [6.45, 7) is 6.36. The minimum absolute atomic E-state index is 0.859. The second-order valence-electron chi connectivity index (χ2n) is 3.49. The Labute approximate surface area is 81.5 Å². The molecule has 0 aliphatic heterocycles. The SMILES string of the molecule is CCCC(C)=CCCC(C)=CC=O. The zero-order chi connectivity index (χ0) is 10.1. The van der Waals surface area contributed by atoms with Crippen molar-refractivity contribution >= 4 is 6.29 Å². The first-order valence-electron chi connectivity index (χ1n) is 4.97. The molecule has 0 aromatic heterocycles. The van der Waals surface area contributed by atoms with Gasteiger partial charge in [0.2, 0.25) is 0 Å². The van der Waals surface area contributed by atoms with Crippen molar-refractivity contribution in [2.75, 3.05) is 0 Å². The molecule has 0 atom stereocenters. The molecular formula is C12H20O. The minimum atomic E-state index is 0.859. The summed E-state index contributed by atoms with van der Waals surface area (Å²) in [5.74, 6) is 0. The van der Waals surface area contributed by atoms with Crippen LogP contribution < -0.4 is 0 Å². The van der Waals surface area contributed by atoms with Crippen molar-refractivity contribution in [3.05, 3.63) is 23.3 Å². The average molecular weight is 180 g/mol. The molecule has 0 N–H and O–H groups in total. The summed E-state index contributed by atoms with van der Waals surface area (Å²) in [4.78, 5) is 10.1. The molecule has 0 unspecified atom stereocenters. The highest BCUT2D eigenvalue weighted by atomic mass is 16.1. The van der Waals surface area contributed by atoms with E-state index >= 15 is 0 Å². The zero-order valence-electron chi connectivity index (χ0n) is 8.97. The first-order chi connectivity index (χ1) is 6.20. The monoisotopic (exact) mass is 180 g/mol. The summed E-state index contributed by atoms with van der Waals surface area (Å²) in [6, 6.07) is 0. The number of carbonyl (C=O) groups is 1. The number of rotatable bonds is 6. The Bertz CT molecular complexity index is 199. The van der Waals surface area contributed by atoms with Crippen LogP contribution in [0.3, 0.4) is 0 Å². The number of carbonyl (C=O) groups excluding carboxylic acids is 1. The number of allylic oxidation sites excluding steroid dienone is 4. The van der Waals surface area contributed by atoms with Gasteiger partial charge >= 0.3 is 0 Å². The van der Waals surface area contributed by atoms with Gasteiger partial charge in [-0.2, -0.15) is 0 Å². The molecule has 0 aromatic rings. The van der Waals surface area contributed by atoms with E-state index in [9.17, 15) is 4.79 Å². The molecule has 13 heavy (non-hydrogen) atoms. The fourth-order valence-corrected chi connectivity index (χ4v) is 1.24. The normalized spacial score (nSPS) is 13.2. The summed E-state index contributed by atoms with van der Waals surface area (Å²) in [5, 5.41) is 0. The van der Waals surface area contributed by atoms with Gasteiger partial charge in [-0.15, -0.1) is 0 Å². The molecule has 0 bridgehead atoms. The van der Waals surface area contributed by atoms with Gasteiger partial charge in [-0.05, 0) is 39.2 Å². The molecule has 0 spiro atoms. The van der Waals surface area contributed by atoms with Gasteiger partial charge in [0, 0.05) is 0 Å². The van der Waals surface area contributed by atoms with Crippen LogP contribution in [-0.2, 0) is 4.79 Å². The number of hydrogen-bond donors (Lipinski definition) is 0. The van der Waals surface area contributed by atoms with Gasteiger partial charge < -0.3 is 0 Å². The van der Waals surface area contributed by atoms with Gasteiger partial charge in [-0.3, -0.25) is 4.79 Å². The smallest absolute Gasteiger partial charge is 0.142 e. The molecule has 0 rings (SSSR count). The first kappa shape index (κ1) is 12.2. The molecule has 1 nitrogen and oxygen atoms in total. The quantitative estimate of drug-likeness (QED) is 0.346. The molecule has 0 amide bonds. The molecule has 0 saturated heterocycles. The van der Waals surface area contributed by atoms with Crippen LogP contribution in [0.25, 0.3) is 0 Å². The Morgan fingerprint density at radius 1 is 1.15 bits per heavy atom. The van der Waals surface area contributed by atoms with E-state index in [1.807, 2.05) is 6.92 Å². The average Bonchev–Trinajstić information content (AvgIpc) is 2.05. The lowest BCUT2D eigenvalue weighted by Gasteiger charge is -1.98. The van der Waals surface area contributed by atoms with E-state index < -0.39 is 0 Å². The second-order valence-corrected chi connectivity index (χ2v) is 3.49. The molecule has 0 aromatic carbocycles.